The van der Waals surface area contributed by atoms with Gasteiger partial charge >= 0.3 is 0 Å². The van der Waals surface area contributed by atoms with Crippen LogP contribution in [-0.2, 0) is 0 Å². The zero-order valence-electron chi connectivity index (χ0n) is 24.2. The molecule has 0 aliphatic carbocycles. The lowest BCUT2D eigenvalue weighted by Crippen LogP contribution is -2.36. The average Bonchev–Trinajstić information content (AvgIpc) is 2.95. The van der Waals surface area contributed by atoms with Crippen molar-refractivity contribution in [2.75, 3.05) is 50.6 Å². The molecule has 0 saturated carbocycles. The average molecular weight is 594 g/mol. The lowest BCUT2D eigenvalue weighted by atomic mass is 9.96. The van der Waals surface area contributed by atoms with Crippen LogP contribution in [0.25, 0.3) is 10.9 Å². The van der Waals surface area contributed by atoms with Crippen LogP contribution < -0.4 is 20.1 Å². The molecule has 12 heteroatoms. The second kappa shape index (κ2) is 14.2. The highest BCUT2D eigenvalue weighted by Gasteiger charge is 2.16. The first kappa shape index (κ1) is 30.9. The zero-order valence-corrected chi connectivity index (χ0v) is 25.0. The molecule has 11 nitrogen and oxygen atoms in total. The fourth-order valence-electron chi connectivity index (χ4n) is 4.31. The summed E-state index contributed by atoms with van der Waals surface area (Å²) in [5.41, 5.74) is 1.76. The largest absolute Gasteiger partial charge is 0.493 e. The summed E-state index contributed by atoms with van der Waals surface area (Å²) in [5, 5.41) is 16.4. The van der Waals surface area contributed by atoms with Gasteiger partial charge in [-0.15, -0.1) is 0 Å². The van der Waals surface area contributed by atoms with Crippen molar-refractivity contribution in [2.45, 2.75) is 27.2 Å². The number of hydrogen-bond donors (Lipinski definition) is 3. The van der Waals surface area contributed by atoms with Crippen LogP contribution in [0.15, 0.2) is 55.0 Å². The summed E-state index contributed by atoms with van der Waals surface area (Å²) >= 11 is 5.96. The Kier molecular flexibility index (Phi) is 10.5. The molecule has 0 atom stereocenters. The number of carbonyl (C=O) groups excluding carboxylic acids is 1. The van der Waals surface area contributed by atoms with E-state index < -0.39 is 0 Å². The summed E-state index contributed by atoms with van der Waals surface area (Å²) in [6.07, 6.45) is 5.53. The summed E-state index contributed by atoms with van der Waals surface area (Å²) in [6, 6.07) is 10.3. The van der Waals surface area contributed by atoms with E-state index in [9.17, 15) is 9.90 Å². The third-order valence-electron chi connectivity index (χ3n) is 6.08. The van der Waals surface area contributed by atoms with Gasteiger partial charge in [-0.1, -0.05) is 38.4 Å². The Morgan fingerprint density at radius 1 is 1.02 bits per heavy atom. The van der Waals surface area contributed by atoms with Crippen LogP contribution in [0.1, 0.15) is 37.6 Å². The van der Waals surface area contributed by atoms with Crippen molar-refractivity contribution in [3.05, 3.63) is 65.6 Å². The highest BCUT2D eigenvalue weighted by molar-refractivity contribution is 6.31. The van der Waals surface area contributed by atoms with Gasteiger partial charge < -0.3 is 24.8 Å². The second-order valence-corrected chi connectivity index (χ2v) is 11.3. The van der Waals surface area contributed by atoms with Crippen molar-refractivity contribution < 1.29 is 19.4 Å². The summed E-state index contributed by atoms with van der Waals surface area (Å²) < 4.78 is 11.6. The normalized spacial score (nSPS) is 11.5. The molecule has 0 spiro atoms. The van der Waals surface area contributed by atoms with Crippen LogP contribution in [-0.4, -0.2) is 75.8 Å². The van der Waals surface area contributed by atoms with Gasteiger partial charge in [-0.25, -0.2) is 19.9 Å². The molecule has 0 aliphatic rings. The van der Waals surface area contributed by atoms with Crippen LogP contribution in [0.3, 0.4) is 0 Å². The smallest absolute Gasteiger partial charge is 0.258 e. The highest BCUT2D eigenvalue weighted by Crippen LogP contribution is 2.32. The number of carbonyl (C=O) groups is 1. The number of fused-ring (bicyclic) bond motifs is 1. The minimum absolute atomic E-state index is 0.127. The maximum absolute atomic E-state index is 12.4. The van der Waals surface area contributed by atoms with E-state index in [1.165, 1.54) is 12.4 Å². The Morgan fingerprint density at radius 2 is 1.79 bits per heavy atom. The van der Waals surface area contributed by atoms with Gasteiger partial charge in [0.2, 0.25) is 11.9 Å². The lowest BCUT2D eigenvalue weighted by molar-refractivity contribution is 0.102. The number of ether oxygens (including phenoxy) is 2. The van der Waals surface area contributed by atoms with Crippen molar-refractivity contribution >= 4 is 46.0 Å². The van der Waals surface area contributed by atoms with Gasteiger partial charge in [0.25, 0.3) is 5.91 Å². The summed E-state index contributed by atoms with van der Waals surface area (Å²) in [4.78, 5) is 32.1. The van der Waals surface area contributed by atoms with Crippen LogP contribution >= 0.6 is 11.6 Å². The molecule has 42 heavy (non-hydrogen) atoms. The van der Waals surface area contributed by atoms with Crippen molar-refractivity contribution in [1.82, 2.24) is 24.8 Å². The van der Waals surface area contributed by atoms with Gasteiger partial charge in [0, 0.05) is 47.9 Å². The first-order valence-electron chi connectivity index (χ1n) is 13.6. The number of methoxy groups -OCH3 is 1. The predicted molar refractivity (Wildman–Crippen MR) is 164 cm³/mol. The molecule has 2 aromatic heterocycles. The maximum atomic E-state index is 12.4. The van der Waals surface area contributed by atoms with E-state index in [0.29, 0.717) is 52.4 Å². The first-order valence-corrected chi connectivity index (χ1v) is 14.0. The molecule has 0 aliphatic heterocycles. The fourth-order valence-corrected chi connectivity index (χ4v) is 4.50. The third kappa shape index (κ3) is 8.97. The van der Waals surface area contributed by atoms with E-state index >= 15 is 0 Å². The number of aliphatic hydroxyl groups excluding tert-OH is 1. The molecule has 0 radical (unpaired) electrons. The van der Waals surface area contributed by atoms with E-state index in [1.807, 2.05) is 12.1 Å². The molecule has 4 rings (SSSR count). The molecule has 4 aromatic rings. The molecule has 0 bridgehead atoms. The van der Waals surface area contributed by atoms with Crippen molar-refractivity contribution in [1.29, 1.82) is 0 Å². The Balaban J connectivity index is 1.38. The fraction of sp³-hybridized carbons (Fsp3) is 0.367. The number of benzene rings is 2. The number of rotatable bonds is 13. The second-order valence-electron chi connectivity index (χ2n) is 10.9. The lowest BCUT2D eigenvalue weighted by Gasteiger charge is -2.29. The molecule has 0 saturated heterocycles. The molecule has 2 heterocycles. The number of halogens is 1. The van der Waals surface area contributed by atoms with E-state index in [0.717, 1.165) is 24.9 Å². The van der Waals surface area contributed by atoms with Crippen molar-refractivity contribution in [3.8, 4) is 11.5 Å². The number of amides is 1. The molecular formula is C30H36ClN7O4. The van der Waals surface area contributed by atoms with E-state index in [4.69, 9.17) is 21.1 Å². The van der Waals surface area contributed by atoms with Gasteiger partial charge in [0.05, 0.1) is 43.9 Å². The van der Waals surface area contributed by atoms with Gasteiger partial charge in [-0.05, 0) is 36.1 Å². The Morgan fingerprint density at radius 3 is 2.48 bits per heavy atom. The van der Waals surface area contributed by atoms with Crippen LogP contribution in [0.4, 0.5) is 17.6 Å². The van der Waals surface area contributed by atoms with Crippen LogP contribution in [0, 0.1) is 5.41 Å². The van der Waals surface area contributed by atoms with Crippen LogP contribution in [0.2, 0.25) is 5.02 Å². The number of aromatic nitrogens is 4. The highest BCUT2D eigenvalue weighted by atomic mass is 35.5. The molecule has 0 unspecified atom stereocenters. The molecule has 3 N–H and O–H groups in total. The predicted octanol–water partition coefficient (Wildman–Crippen LogP) is 5.19. The minimum atomic E-state index is -0.364. The summed E-state index contributed by atoms with van der Waals surface area (Å²) in [6.45, 7) is 9.51. The molecular weight excluding hydrogens is 558 g/mol. The number of aliphatic hydroxyl groups is 1. The minimum Gasteiger partial charge on any atom is -0.493 e. The Hall–Kier alpha value is -4.06. The van der Waals surface area contributed by atoms with E-state index in [2.05, 4.69) is 56.2 Å². The Labute approximate surface area is 250 Å². The number of hydrogen-bond acceptors (Lipinski definition) is 10. The maximum Gasteiger partial charge on any atom is 0.258 e. The summed E-state index contributed by atoms with van der Waals surface area (Å²) in [7, 11) is 1.60. The molecule has 2 aromatic carbocycles. The van der Waals surface area contributed by atoms with E-state index in [1.54, 1.807) is 37.6 Å². The van der Waals surface area contributed by atoms with Gasteiger partial charge in [0.15, 0.2) is 11.5 Å². The van der Waals surface area contributed by atoms with Gasteiger partial charge in [-0.3, -0.25) is 10.1 Å². The number of nitrogens with zero attached hydrogens (tertiary/aromatic N) is 5. The van der Waals surface area contributed by atoms with Crippen molar-refractivity contribution in [2.24, 2.45) is 5.41 Å². The standard InChI is InChI=1S/C30H36ClN7O4/c1-30(2,3)19-38(10-11-39)9-6-12-42-26-15-24-21(14-25(26)41-4)16-32-29(36-24)35-23-17-33-28(34-18-23)37-27(40)20-7-5-8-22(31)13-20/h5,7-8,13-18,39H,6,9-12,19H2,1-4H3,(H,32,35,36)(H,33,34,37,40). The van der Waals surface area contributed by atoms with E-state index in [-0.39, 0.29) is 23.9 Å². The topological polar surface area (TPSA) is 135 Å². The van der Waals surface area contributed by atoms with Crippen molar-refractivity contribution in [3.63, 3.8) is 0 Å². The quantitative estimate of drug-likeness (QED) is 0.178. The van der Waals surface area contributed by atoms with Gasteiger partial charge in [-0.2, -0.15) is 0 Å². The molecule has 222 valence electrons. The number of anilines is 3. The van der Waals surface area contributed by atoms with Crippen LogP contribution in [0.5, 0.6) is 11.5 Å². The Bertz CT molecular complexity index is 1500. The molecule has 1 amide bonds. The van der Waals surface area contributed by atoms with Gasteiger partial charge in [0.1, 0.15) is 0 Å². The third-order valence-corrected chi connectivity index (χ3v) is 6.31. The molecule has 0 fully saturated rings. The summed E-state index contributed by atoms with van der Waals surface area (Å²) in [5.74, 6) is 1.31. The number of nitrogens with one attached hydrogen (secondary N) is 2. The SMILES string of the molecule is COc1cc2cnc(Nc3cnc(NC(=O)c4cccc(Cl)c4)nc3)nc2cc1OCCCN(CCO)CC(C)(C)C. The monoisotopic (exact) mass is 593 g/mol. The first-order chi connectivity index (χ1) is 20.1. The zero-order chi connectivity index (χ0) is 30.1.